The van der Waals surface area contributed by atoms with Crippen molar-refractivity contribution >= 4 is 5.91 Å². The van der Waals surface area contributed by atoms with E-state index >= 15 is 0 Å². The summed E-state index contributed by atoms with van der Waals surface area (Å²) in [6.07, 6.45) is 1.41. The predicted octanol–water partition coefficient (Wildman–Crippen LogP) is 0.519. The molecule has 2 aromatic rings. The molecule has 1 amide bonds. The summed E-state index contributed by atoms with van der Waals surface area (Å²) in [6, 6.07) is 7.79. The molecular weight excluding hydrogens is 258 g/mol. The molecule has 0 saturated carbocycles. The number of aryl methyl sites for hydroxylation is 1. The molecule has 1 heterocycles. The fourth-order valence-corrected chi connectivity index (χ4v) is 1.65. The number of tetrazole rings is 1. The van der Waals surface area contributed by atoms with Crippen molar-refractivity contribution < 1.29 is 9.53 Å². The standard InChI is InChI=1S/C13H17N5O2/c1-11-5-3-4-6-12(11)20-8-7-17(2)13(19)9-18-10-14-15-16-18/h3-6,10H,7-9H2,1-2H3. The van der Waals surface area contributed by atoms with Crippen molar-refractivity contribution in [1.82, 2.24) is 25.1 Å². The van der Waals surface area contributed by atoms with E-state index in [-0.39, 0.29) is 12.5 Å². The number of likely N-dealkylation sites (N-methyl/N-ethyl adjacent to an activating group) is 1. The van der Waals surface area contributed by atoms with Crippen LogP contribution in [0.2, 0.25) is 0 Å². The van der Waals surface area contributed by atoms with E-state index in [0.29, 0.717) is 13.2 Å². The summed E-state index contributed by atoms with van der Waals surface area (Å²) in [7, 11) is 1.73. The first kappa shape index (κ1) is 14.0. The largest absolute Gasteiger partial charge is 0.491 e. The number of hydrogen-bond acceptors (Lipinski definition) is 5. The number of para-hydroxylation sites is 1. The Morgan fingerprint density at radius 3 is 2.90 bits per heavy atom. The zero-order valence-electron chi connectivity index (χ0n) is 11.6. The first-order valence-corrected chi connectivity index (χ1v) is 6.30. The fourth-order valence-electron chi connectivity index (χ4n) is 1.65. The SMILES string of the molecule is Cc1ccccc1OCCN(C)C(=O)Cn1cnnn1. The summed E-state index contributed by atoms with van der Waals surface area (Å²) in [5, 5.41) is 10.6. The molecular formula is C13H17N5O2. The third-order valence-corrected chi connectivity index (χ3v) is 2.89. The van der Waals surface area contributed by atoms with Crippen molar-refractivity contribution in [1.29, 1.82) is 0 Å². The van der Waals surface area contributed by atoms with Gasteiger partial charge in [0.2, 0.25) is 5.91 Å². The molecule has 106 valence electrons. The molecule has 0 N–H and O–H groups in total. The van der Waals surface area contributed by atoms with Gasteiger partial charge >= 0.3 is 0 Å². The second-order valence-corrected chi connectivity index (χ2v) is 4.44. The average Bonchev–Trinajstić information content (AvgIpc) is 2.93. The smallest absolute Gasteiger partial charge is 0.244 e. The van der Waals surface area contributed by atoms with E-state index in [1.807, 2.05) is 31.2 Å². The molecule has 0 bridgehead atoms. The Kier molecular flexibility index (Phi) is 4.65. The lowest BCUT2D eigenvalue weighted by molar-refractivity contribution is -0.131. The van der Waals surface area contributed by atoms with Gasteiger partial charge < -0.3 is 9.64 Å². The van der Waals surface area contributed by atoms with Gasteiger partial charge in [-0.15, -0.1) is 5.10 Å². The molecule has 1 aromatic heterocycles. The highest BCUT2D eigenvalue weighted by Gasteiger charge is 2.10. The molecule has 0 fully saturated rings. The lowest BCUT2D eigenvalue weighted by atomic mass is 10.2. The Morgan fingerprint density at radius 1 is 1.40 bits per heavy atom. The molecule has 7 nitrogen and oxygen atoms in total. The molecule has 0 aliphatic rings. The molecule has 0 aliphatic heterocycles. The Bertz CT molecular complexity index is 556. The minimum atomic E-state index is -0.0642. The third kappa shape index (κ3) is 3.78. The Morgan fingerprint density at radius 2 is 2.20 bits per heavy atom. The molecule has 2 rings (SSSR count). The van der Waals surface area contributed by atoms with Crippen molar-refractivity contribution in [3.63, 3.8) is 0 Å². The average molecular weight is 275 g/mol. The maximum Gasteiger partial charge on any atom is 0.244 e. The van der Waals surface area contributed by atoms with E-state index in [9.17, 15) is 4.79 Å². The predicted molar refractivity (Wildman–Crippen MR) is 72.1 cm³/mol. The van der Waals surface area contributed by atoms with E-state index in [2.05, 4.69) is 15.5 Å². The van der Waals surface area contributed by atoms with Crippen LogP contribution in [0.5, 0.6) is 5.75 Å². The molecule has 0 atom stereocenters. The van der Waals surface area contributed by atoms with Crippen LogP contribution >= 0.6 is 0 Å². The first-order valence-electron chi connectivity index (χ1n) is 6.30. The molecule has 0 saturated heterocycles. The second kappa shape index (κ2) is 6.65. The number of aromatic nitrogens is 4. The summed E-state index contributed by atoms with van der Waals surface area (Å²) in [5.74, 6) is 0.777. The Labute approximate surface area is 117 Å². The van der Waals surface area contributed by atoms with Crippen molar-refractivity contribution in [2.75, 3.05) is 20.2 Å². The highest BCUT2D eigenvalue weighted by molar-refractivity contribution is 5.75. The first-order chi connectivity index (χ1) is 9.66. The molecule has 0 aliphatic carbocycles. The van der Waals surface area contributed by atoms with Crippen molar-refractivity contribution in [2.45, 2.75) is 13.5 Å². The van der Waals surface area contributed by atoms with Crippen LogP contribution in [0, 0.1) is 6.92 Å². The molecule has 7 heteroatoms. The van der Waals surface area contributed by atoms with Crippen molar-refractivity contribution in [3.8, 4) is 5.75 Å². The van der Waals surface area contributed by atoms with E-state index in [1.165, 1.54) is 11.0 Å². The number of hydrogen-bond donors (Lipinski definition) is 0. The van der Waals surface area contributed by atoms with Gasteiger partial charge in [-0.25, -0.2) is 4.68 Å². The van der Waals surface area contributed by atoms with Crippen LogP contribution in [0.1, 0.15) is 5.56 Å². The van der Waals surface area contributed by atoms with Crippen molar-refractivity contribution in [3.05, 3.63) is 36.2 Å². The maximum absolute atomic E-state index is 11.9. The van der Waals surface area contributed by atoms with E-state index < -0.39 is 0 Å². The number of amides is 1. The van der Waals surface area contributed by atoms with Gasteiger partial charge in [0.1, 0.15) is 25.2 Å². The van der Waals surface area contributed by atoms with Crippen LogP contribution in [-0.4, -0.2) is 51.2 Å². The summed E-state index contributed by atoms with van der Waals surface area (Å²) in [5.41, 5.74) is 1.08. The van der Waals surface area contributed by atoms with Gasteiger partial charge in [-0.2, -0.15) is 0 Å². The fraction of sp³-hybridized carbons (Fsp3) is 0.385. The zero-order valence-corrected chi connectivity index (χ0v) is 11.6. The monoisotopic (exact) mass is 275 g/mol. The summed E-state index contributed by atoms with van der Waals surface area (Å²) in [6.45, 7) is 3.08. The van der Waals surface area contributed by atoms with Gasteiger partial charge in [0, 0.05) is 7.05 Å². The Balaban J connectivity index is 1.76. The quantitative estimate of drug-likeness (QED) is 0.768. The van der Waals surface area contributed by atoms with Crippen LogP contribution in [0.25, 0.3) is 0 Å². The number of rotatable bonds is 6. The van der Waals surface area contributed by atoms with Gasteiger partial charge in [0.15, 0.2) is 0 Å². The van der Waals surface area contributed by atoms with Crippen LogP contribution in [0.3, 0.4) is 0 Å². The number of carbonyl (C=O) groups excluding carboxylic acids is 1. The second-order valence-electron chi connectivity index (χ2n) is 4.44. The van der Waals surface area contributed by atoms with Crippen LogP contribution in [-0.2, 0) is 11.3 Å². The maximum atomic E-state index is 11.9. The lowest BCUT2D eigenvalue weighted by Gasteiger charge is -2.17. The normalized spacial score (nSPS) is 10.3. The summed E-state index contributed by atoms with van der Waals surface area (Å²) < 4.78 is 7.04. The minimum absolute atomic E-state index is 0.0642. The molecule has 1 aromatic carbocycles. The molecule has 0 unspecified atom stereocenters. The number of ether oxygens (including phenoxy) is 1. The van der Waals surface area contributed by atoms with Crippen molar-refractivity contribution in [2.24, 2.45) is 0 Å². The number of benzene rings is 1. The third-order valence-electron chi connectivity index (χ3n) is 2.89. The van der Waals surface area contributed by atoms with E-state index in [1.54, 1.807) is 11.9 Å². The topological polar surface area (TPSA) is 73.1 Å². The summed E-state index contributed by atoms with van der Waals surface area (Å²) in [4.78, 5) is 13.5. The Hall–Kier alpha value is -2.44. The molecule has 0 radical (unpaired) electrons. The van der Waals surface area contributed by atoms with Crippen LogP contribution < -0.4 is 4.74 Å². The van der Waals surface area contributed by atoms with Gasteiger partial charge in [0.25, 0.3) is 0 Å². The molecule has 20 heavy (non-hydrogen) atoms. The number of nitrogens with zero attached hydrogens (tertiary/aromatic N) is 5. The zero-order chi connectivity index (χ0) is 14.4. The van der Waals surface area contributed by atoms with Gasteiger partial charge in [0.05, 0.1) is 6.54 Å². The minimum Gasteiger partial charge on any atom is -0.491 e. The highest BCUT2D eigenvalue weighted by atomic mass is 16.5. The highest BCUT2D eigenvalue weighted by Crippen LogP contribution is 2.15. The van der Waals surface area contributed by atoms with E-state index in [4.69, 9.17) is 4.74 Å². The van der Waals surface area contributed by atoms with Crippen LogP contribution in [0.4, 0.5) is 0 Å². The lowest BCUT2D eigenvalue weighted by Crippen LogP contribution is -2.33. The molecule has 0 spiro atoms. The van der Waals surface area contributed by atoms with Crippen LogP contribution in [0.15, 0.2) is 30.6 Å². The van der Waals surface area contributed by atoms with Gasteiger partial charge in [-0.3, -0.25) is 4.79 Å². The van der Waals surface area contributed by atoms with Gasteiger partial charge in [-0.1, -0.05) is 18.2 Å². The number of carbonyl (C=O) groups is 1. The summed E-state index contributed by atoms with van der Waals surface area (Å²) >= 11 is 0. The van der Waals surface area contributed by atoms with Gasteiger partial charge in [-0.05, 0) is 29.0 Å². The van der Waals surface area contributed by atoms with E-state index in [0.717, 1.165) is 11.3 Å².